The van der Waals surface area contributed by atoms with E-state index >= 15 is 0 Å². The molecule has 35 heavy (non-hydrogen) atoms. The van der Waals surface area contributed by atoms with Crippen molar-refractivity contribution in [1.82, 2.24) is 5.32 Å². The van der Waals surface area contributed by atoms with Crippen LogP contribution in [0.15, 0.2) is 60.7 Å². The summed E-state index contributed by atoms with van der Waals surface area (Å²) in [5, 5.41) is 34.1. The number of benzene rings is 3. The molecule has 1 aliphatic rings. The van der Waals surface area contributed by atoms with Crippen molar-refractivity contribution < 1.29 is 29.1 Å². The van der Waals surface area contributed by atoms with Crippen molar-refractivity contribution in [2.45, 2.75) is 24.5 Å². The number of carbonyl (C=O) groups is 1. The van der Waals surface area contributed by atoms with E-state index in [2.05, 4.69) is 5.32 Å². The van der Waals surface area contributed by atoms with E-state index in [1.807, 2.05) is 48.5 Å². The molecule has 0 saturated heterocycles. The van der Waals surface area contributed by atoms with Gasteiger partial charge in [0.25, 0.3) is 5.69 Å². The molecule has 0 spiro atoms. The van der Waals surface area contributed by atoms with Crippen LogP contribution < -0.4 is 11.1 Å². The lowest BCUT2D eigenvalue weighted by atomic mass is 9.98. The molecule has 1 amide bonds. The number of hydrogen-bond acceptors (Lipinski definition) is 7. The fraction of sp³-hybridized carbons (Fsp3) is 0.240. The third-order valence-electron chi connectivity index (χ3n) is 6.09. The maximum atomic E-state index is 13.7. The number of nitrogens with zero attached hydrogens (tertiary/aromatic N) is 1. The molecule has 0 heterocycles. The van der Waals surface area contributed by atoms with E-state index in [0.29, 0.717) is 6.07 Å². The first-order valence-corrected chi connectivity index (χ1v) is 11.0. The fourth-order valence-corrected chi connectivity index (χ4v) is 4.36. The maximum absolute atomic E-state index is 13.7. The summed E-state index contributed by atoms with van der Waals surface area (Å²) in [7, 11) is 0. The number of alkyl carbamates (subject to hydrolysis) is 1. The molecule has 182 valence electrons. The smallest absolute Gasteiger partial charge is 0.407 e. The lowest BCUT2D eigenvalue weighted by Gasteiger charge is -2.20. The minimum absolute atomic E-state index is 0.0633. The normalized spacial score (nSPS) is 14.0. The zero-order valence-electron chi connectivity index (χ0n) is 18.6. The van der Waals surface area contributed by atoms with Crippen LogP contribution in [0, 0.1) is 15.9 Å². The number of nitro groups is 1. The minimum atomic E-state index is -1.69. The van der Waals surface area contributed by atoms with Crippen molar-refractivity contribution in [3.63, 3.8) is 0 Å². The van der Waals surface area contributed by atoms with Crippen LogP contribution in [0.3, 0.4) is 0 Å². The van der Waals surface area contributed by atoms with Gasteiger partial charge in [-0.25, -0.2) is 9.18 Å². The molecule has 1 aliphatic carbocycles. The highest BCUT2D eigenvalue weighted by atomic mass is 19.1. The Kier molecular flexibility index (Phi) is 6.94. The summed E-state index contributed by atoms with van der Waals surface area (Å²) in [5.74, 6) is -1.07. The monoisotopic (exact) mass is 481 g/mol. The van der Waals surface area contributed by atoms with Crippen LogP contribution in [0.25, 0.3) is 11.1 Å². The van der Waals surface area contributed by atoms with Gasteiger partial charge < -0.3 is 26.0 Å². The minimum Gasteiger partial charge on any atom is -0.449 e. The first-order valence-electron chi connectivity index (χ1n) is 11.0. The number of nitrogens with two attached hydrogens (primary N) is 1. The summed E-state index contributed by atoms with van der Waals surface area (Å²) >= 11 is 0. The fourth-order valence-electron chi connectivity index (χ4n) is 4.36. The first kappa shape index (κ1) is 24.1. The van der Waals surface area contributed by atoms with Crippen LogP contribution in [0.1, 0.15) is 35.1 Å². The standard InChI is InChI=1S/C25H24FN3O6/c26-14-11-19(23(27)21(12-14)29(33)34)24(31)22(30)9-10-28-25(32)35-13-20-17-7-3-1-5-15(17)16-6-2-4-8-18(16)20/h1-8,11-12,20,22,24,30-31H,9-10,13,27H2,(H,28,32). The molecule has 0 bridgehead atoms. The second-order valence-corrected chi connectivity index (χ2v) is 8.24. The van der Waals surface area contributed by atoms with E-state index in [4.69, 9.17) is 10.5 Å². The molecular weight excluding hydrogens is 457 g/mol. The topological polar surface area (TPSA) is 148 Å². The summed E-state index contributed by atoms with van der Waals surface area (Å²) in [6.45, 7) is 0.0563. The Balaban J connectivity index is 1.31. The quantitative estimate of drug-likeness (QED) is 0.218. The molecule has 2 atom stereocenters. The van der Waals surface area contributed by atoms with E-state index in [1.54, 1.807) is 0 Å². The number of rotatable bonds is 8. The second-order valence-electron chi connectivity index (χ2n) is 8.24. The SMILES string of the molecule is Nc1c(C(O)C(O)CCNC(=O)OCC2c3ccccc3-c3ccccc32)cc(F)cc1[N+](=O)[O-]. The first-order chi connectivity index (χ1) is 16.8. The maximum Gasteiger partial charge on any atom is 0.407 e. The lowest BCUT2D eigenvalue weighted by Crippen LogP contribution is -2.31. The van der Waals surface area contributed by atoms with Gasteiger partial charge in [0.05, 0.1) is 17.1 Å². The Morgan fingerprint density at radius 1 is 1.11 bits per heavy atom. The highest BCUT2D eigenvalue weighted by molar-refractivity contribution is 5.79. The number of aliphatic hydroxyl groups excluding tert-OH is 2. The van der Waals surface area contributed by atoms with Gasteiger partial charge in [-0.1, -0.05) is 48.5 Å². The molecule has 5 N–H and O–H groups in total. The van der Waals surface area contributed by atoms with Crippen molar-refractivity contribution in [2.24, 2.45) is 0 Å². The highest BCUT2D eigenvalue weighted by Crippen LogP contribution is 2.44. The summed E-state index contributed by atoms with van der Waals surface area (Å²) in [6, 6.07) is 17.3. The predicted molar refractivity (Wildman–Crippen MR) is 126 cm³/mol. The van der Waals surface area contributed by atoms with Crippen LogP contribution in [0.2, 0.25) is 0 Å². The number of ether oxygens (including phenoxy) is 1. The Labute approximate surface area is 200 Å². The molecule has 0 fully saturated rings. The second kappa shape index (κ2) is 10.1. The van der Waals surface area contributed by atoms with Gasteiger partial charge in [0, 0.05) is 18.0 Å². The summed E-state index contributed by atoms with van der Waals surface area (Å²) < 4.78 is 19.1. The number of halogens is 1. The van der Waals surface area contributed by atoms with Gasteiger partial charge in [-0.2, -0.15) is 0 Å². The number of anilines is 1. The molecule has 0 saturated carbocycles. The molecule has 3 aromatic carbocycles. The van der Waals surface area contributed by atoms with Crippen molar-refractivity contribution >= 4 is 17.5 Å². The van der Waals surface area contributed by atoms with Crippen molar-refractivity contribution in [3.05, 3.63) is 93.3 Å². The third-order valence-corrected chi connectivity index (χ3v) is 6.09. The van der Waals surface area contributed by atoms with Crippen LogP contribution >= 0.6 is 0 Å². The van der Waals surface area contributed by atoms with Gasteiger partial charge >= 0.3 is 6.09 Å². The zero-order chi connectivity index (χ0) is 25.1. The average molecular weight is 481 g/mol. The van der Waals surface area contributed by atoms with Gasteiger partial charge in [0.15, 0.2) is 0 Å². The molecule has 0 aliphatic heterocycles. The van der Waals surface area contributed by atoms with E-state index in [-0.39, 0.29) is 31.1 Å². The van der Waals surface area contributed by atoms with Gasteiger partial charge in [-0.3, -0.25) is 10.1 Å². The van der Waals surface area contributed by atoms with Gasteiger partial charge in [-0.15, -0.1) is 0 Å². The number of nitrogen functional groups attached to an aromatic ring is 1. The molecule has 0 aromatic heterocycles. The van der Waals surface area contributed by atoms with Gasteiger partial charge in [-0.05, 0) is 34.7 Å². The van der Waals surface area contributed by atoms with Crippen LogP contribution in [0.5, 0.6) is 0 Å². The van der Waals surface area contributed by atoms with E-state index in [9.17, 15) is 29.5 Å². The summed E-state index contributed by atoms with van der Waals surface area (Å²) in [4.78, 5) is 22.4. The van der Waals surface area contributed by atoms with Crippen LogP contribution in [-0.4, -0.2) is 40.5 Å². The average Bonchev–Trinajstić information content (AvgIpc) is 3.17. The Bertz CT molecular complexity index is 1220. The number of fused-ring (bicyclic) bond motifs is 3. The van der Waals surface area contributed by atoms with Crippen LogP contribution in [0.4, 0.5) is 20.6 Å². The van der Waals surface area contributed by atoms with Crippen molar-refractivity contribution in [1.29, 1.82) is 0 Å². The van der Waals surface area contributed by atoms with Crippen molar-refractivity contribution in [3.8, 4) is 11.1 Å². The Morgan fingerprint density at radius 2 is 1.71 bits per heavy atom. The zero-order valence-corrected chi connectivity index (χ0v) is 18.6. The number of carbonyl (C=O) groups excluding carboxylic acids is 1. The molecule has 0 radical (unpaired) electrons. The van der Waals surface area contributed by atoms with Crippen molar-refractivity contribution in [2.75, 3.05) is 18.9 Å². The molecule has 4 rings (SSSR count). The summed E-state index contributed by atoms with van der Waals surface area (Å²) in [5.41, 5.74) is 8.57. The number of aliphatic hydroxyl groups is 2. The van der Waals surface area contributed by atoms with E-state index < -0.39 is 40.4 Å². The molecule has 9 nitrogen and oxygen atoms in total. The van der Waals surface area contributed by atoms with E-state index in [0.717, 1.165) is 28.3 Å². The number of amides is 1. The lowest BCUT2D eigenvalue weighted by molar-refractivity contribution is -0.384. The Morgan fingerprint density at radius 3 is 2.31 bits per heavy atom. The Hall–Kier alpha value is -4.02. The van der Waals surface area contributed by atoms with E-state index in [1.165, 1.54) is 0 Å². The molecular formula is C25H24FN3O6. The molecule has 10 heteroatoms. The highest BCUT2D eigenvalue weighted by Gasteiger charge is 2.29. The van der Waals surface area contributed by atoms with Gasteiger partial charge in [0.1, 0.15) is 24.2 Å². The number of nitro benzene ring substituents is 1. The summed E-state index contributed by atoms with van der Waals surface area (Å²) in [6.07, 6.45) is -3.98. The largest absolute Gasteiger partial charge is 0.449 e. The van der Waals surface area contributed by atoms with Gasteiger partial charge in [0.2, 0.25) is 0 Å². The predicted octanol–water partition coefficient (Wildman–Crippen LogP) is 3.64. The molecule has 3 aromatic rings. The third kappa shape index (κ3) is 4.93. The number of nitrogens with one attached hydrogen (secondary N) is 1. The molecule has 2 unspecified atom stereocenters. The van der Waals surface area contributed by atoms with Crippen LogP contribution in [-0.2, 0) is 4.74 Å². The number of hydrogen-bond donors (Lipinski definition) is 4.